The number of nitrogens with zero attached hydrogens (tertiary/aromatic N) is 2. The molecule has 2 saturated heterocycles. The first kappa shape index (κ1) is 22.2. The highest BCUT2D eigenvalue weighted by Gasteiger charge is 2.28. The zero-order valence-electron chi connectivity index (χ0n) is 18.6. The lowest BCUT2D eigenvalue weighted by atomic mass is 10.0. The van der Waals surface area contributed by atoms with Crippen LogP contribution in [-0.2, 0) is 9.47 Å². The first-order valence-corrected chi connectivity index (χ1v) is 11.6. The van der Waals surface area contributed by atoms with Crippen molar-refractivity contribution in [3.05, 3.63) is 47.0 Å². The number of rotatable bonds is 6. The van der Waals surface area contributed by atoms with Crippen molar-refractivity contribution in [1.82, 2.24) is 4.98 Å². The Morgan fingerprint density at radius 1 is 1.24 bits per heavy atom. The number of benzene rings is 2. The fraction of sp³-hybridized carbons (Fsp3) is 0.400. The van der Waals surface area contributed by atoms with Crippen LogP contribution in [0.15, 0.2) is 41.4 Å². The van der Waals surface area contributed by atoms with Gasteiger partial charge < -0.3 is 29.2 Å². The van der Waals surface area contributed by atoms with Gasteiger partial charge in [0.05, 0.1) is 48.6 Å². The molecule has 33 heavy (non-hydrogen) atoms. The Bertz CT molecular complexity index is 1140. The molecular formula is C25H28ClN3O4. The van der Waals surface area contributed by atoms with Crippen LogP contribution in [0.1, 0.15) is 12.0 Å². The van der Waals surface area contributed by atoms with E-state index in [9.17, 15) is 5.11 Å². The number of halogens is 1. The molecule has 0 aliphatic carbocycles. The van der Waals surface area contributed by atoms with Crippen molar-refractivity contribution in [2.75, 3.05) is 51.5 Å². The predicted octanol–water partition coefficient (Wildman–Crippen LogP) is 3.90. The van der Waals surface area contributed by atoms with Gasteiger partial charge >= 0.3 is 0 Å². The molecule has 2 atom stereocenters. The zero-order chi connectivity index (χ0) is 22.8. The van der Waals surface area contributed by atoms with Crippen LogP contribution in [0.2, 0.25) is 5.02 Å². The fourth-order valence-electron chi connectivity index (χ4n) is 4.51. The second kappa shape index (κ2) is 9.73. The maximum absolute atomic E-state index is 9.33. The number of aromatic nitrogens is 1. The van der Waals surface area contributed by atoms with E-state index in [1.165, 1.54) is 5.69 Å². The smallest absolute Gasteiger partial charge is 0.201 e. The van der Waals surface area contributed by atoms with E-state index >= 15 is 0 Å². The van der Waals surface area contributed by atoms with Gasteiger partial charge in [-0.2, -0.15) is 0 Å². The third-order valence-corrected chi connectivity index (χ3v) is 6.55. The van der Waals surface area contributed by atoms with Gasteiger partial charge in [0.15, 0.2) is 0 Å². The van der Waals surface area contributed by atoms with Crippen LogP contribution in [0, 0.1) is 0 Å². The molecule has 1 aromatic heterocycles. The minimum absolute atomic E-state index is 0.000860. The number of fused-ring (bicyclic) bond motifs is 1. The highest BCUT2D eigenvalue weighted by molar-refractivity contribution is 6.34. The van der Waals surface area contributed by atoms with Crippen LogP contribution < -0.4 is 9.64 Å². The van der Waals surface area contributed by atoms with Gasteiger partial charge in [-0.25, -0.2) is 0 Å². The van der Waals surface area contributed by atoms with Gasteiger partial charge in [0.2, 0.25) is 5.88 Å². The number of hydrogen-bond acceptors (Lipinski definition) is 6. The monoisotopic (exact) mass is 469 g/mol. The molecule has 7 nitrogen and oxygen atoms in total. The third-order valence-electron chi connectivity index (χ3n) is 6.23. The number of aliphatic hydroxyl groups is 1. The van der Waals surface area contributed by atoms with Crippen LogP contribution in [0.3, 0.4) is 0 Å². The minimum atomic E-state index is -0.177. The molecule has 0 radical (unpaired) electrons. The van der Waals surface area contributed by atoms with Crippen LogP contribution in [0.4, 0.5) is 5.69 Å². The number of anilines is 1. The molecular weight excluding hydrogens is 442 g/mol. The quantitative estimate of drug-likeness (QED) is 0.535. The van der Waals surface area contributed by atoms with E-state index in [-0.39, 0.29) is 18.8 Å². The summed E-state index contributed by atoms with van der Waals surface area (Å²) in [5.41, 5.74) is 4.96. The zero-order valence-corrected chi connectivity index (χ0v) is 19.3. The molecule has 2 N–H and O–H groups in total. The van der Waals surface area contributed by atoms with Crippen molar-refractivity contribution < 1.29 is 19.3 Å². The molecule has 0 saturated carbocycles. The van der Waals surface area contributed by atoms with Crippen LogP contribution in [0.5, 0.6) is 5.88 Å². The number of ether oxygens (including phenoxy) is 3. The summed E-state index contributed by atoms with van der Waals surface area (Å²) in [7, 11) is 1.74. The summed E-state index contributed by atoms with van der Waals surface area (Å²) < 4.78 is 17.2. The van der Waals surface area contributed by atoms with E-state index in [0.717, 1.165) is 53.9 Å². The molecule has 2 aliphatic rings. The summed E-state index contributed by atoms with van der Waals surface area (Å²) in [6.07, 6.45) is 2.15. The number of aliphatic hydroxyl groups excluding tert-OH is 1. The Morgan fingerprint density at radius 2 is 2.03 bits per heavy atom. The summed E-state index contributed by atoms with van der Waals surface area (Å²) in [4.78, 5) is 9.91. The number of H-pyrrole nitrogens is 1. The van der Waals surface area contributed by atoms with Crippen LogP contribution >= 0.6 is 11.6 Å². The molecule has 5 rings (SSSR count). The number of aromatic amines is 1. The van der Waals surface area contributed by atoms with Crippen LogP contribution in [0.25, 0.3) is 22.0 Å². The van der Waals surface area contributed by atoms with E-state index < -0.39 is 0 Å². The molecule has 8 heteroatoms. The van der Waals surface area contributed by atoms with Crippen molar-refractivity contribution >= 4 is 34.4 Å². The van der Waals surface area contributed by atoms with Gasteiger partial charge in [0, 0.05) is 49.4 Å². The average molecular weight is 470 g/mol. The minimum Gasteiger partial charge on any atom is -0.473 e. The maximum Gasteiger partial charge on any atom is 0.201 e. The van der Waals surface area contributed by atoms with E-state index in [4.69, 9.17) is 25.8 Å². The van der Waals surface area contributed by atoms with Crippen molar-refractivity contribution in [1.29, 1.82) is 0 Å². The first-order valence-electron chi connectivity index (χ1n) is 11.3. The summed E-state index contributed by atoms with van der Waals surface area (Å²) in [6.45, 7) is 3.78. The maximum atomic E-state index is 9.33. The molecule has 0 spiro atoms. The molecule has 0 amide bonds. The van der Waals surface area contributed by atoms with E-state index in [2.05, 4.69) is 45.2 Å². The number of hydrogen-bond donors (Lipinski definition) is 2. The molecule has 2 aromatic carbocycles. The summed E-state index contributed by atoms with van der Waals surface area (Å²) in [5, 5.41) is 11.0. The lowest BCUT2D eigenvalue weighted by molar-refractivity contribution is 0.0531. The van der Waals surface area contributed by atoms with Gasteiger partial charge in [-0.05, 0) is 29.8 Å². The third kappa shape index (κ3) is 4.59. The van der Waals surface area contributed by atoms with E-state index in [1.54, 1.807) is 13.3 Å². The fourth-order valence-corrected chi connectivity index (χ4v) is 4.78. The standard InChI is InChI=1S/C25H28ClN3O4/c1-27-13-22-21-11-20(16-2-4-17(5-3-16)29-6-8-31-9-7-29)23(26)12-24(21)28-25(22)33-19-10-18(14-30)32-15-19/h2-5,11-13,18-19,28,30H,6-10,14-15H2,1H3/t18?,19-/m0/s1. The summed E-state index contributed by atoms with van der Waals surface area (Å²) in [6, 6.07) is 12.5. The normalized spacial score (nSPS) is 21.4. The lowest BCUT2D eigenvalue weighted by Crippen LogP contribution is -2.36. The van der Waals surface area contributed by atoms with Gasteiger partial charge in [0.25, 0.3) is 0 Å². The Kier molecular flexibility index (Phi) is 6.55. The molecule has 3 heterocycles. The molecule has 3 aromatic rings. The first-order chi connectivity index (χ1) is 16.2. The SMILES string of the molecule is CN=Cc1c(O[C@@H]2COC(CO)C2)[nH]c2cc(Cl)c(-c3ccc(N4CCOCC4)cc3)cc12. The van der Waals surface area contributed by atoms with Gasteiger partial charge in [-0.1, -0.05) is 23.7 Å². The van der Waals surface area contributed by atoms with Crippen molar-refractivity contribution in [3.63, 3.8) is 0 Å². The topological polar surface area (TPSA) is 79.3 Å². The van der Waals surface area contributed by atoms with E-state index in [1.807, 2.05) is 6.07 Å². The molecule has 174 valence electrons. The Morgan fingerprint density at radius 3 is 2.73 bits per heavy atom. The number of aliphatic imine (C=N–C) groups is 1. The largest absolute Gasteiger partial charge is 0.473 e. The molecule has 1 unspecified atom stereocenters. The lowest BCUT2D eigenvalue weighted by Gasteiger charge is -2.29. The summed E-state index contributed by atoms with van der Waals surface area (Å²) >= 11 is 6.70. The number of nitrogens with one attached hydrogen (secondary N) is 1. The number of morpholine rings is 1. The second-order valence-electron chi connectivity index (χ2n) is 8.39. The van der Waals surface area contributed by atoms with Crippen molar-refractivity contribution in [2.24, 2.45) is 4.99 Å². The highest BCUT2D eigenvalue weighted by atomic mass is 35.5. The second-order valence-corrected chi connectivity index (χ2v) is 8.80. The van der Waals surface area contributed by atoms with Crippen molar-refractivity contribution in [2.45, 2.75) is 18.6 Å². The van der Waals surface area contributed by atoms with Crippen molar-refractivity contribution in [3.8, 4) is 17.0 Å². The van der Waals surface area contributed by atoms with E-state index in [0.29, 0.717) is 23.9 Å². The van der Waals surface area contributed by atoms with Gasteiger partial charge in [0.1, 0.15) is 6.10 Å². The van der Waals surface area contributed by atoms with Crippen LogP contribution in [-0.4, -0.2) is 75.1 Å². The Labute approximate surface area is 197 Å². The molecule has 0 bridgehead atoms. The molecule has 2 fully saturated rings. The van der Waals surface area contributed by atoms with Gasteiger partial charge in [-0.3, -0.25) is 4.99 Å². The highest BCUT2D eigenvalue weighted by Crippen LogP contribution is 2.37. The average Bonchev–Trinajstić information content (AvgIpc) is 3.44. The van der Waals surface area contributed by atoms with Gasteiger partial charge in [-0.15, -0.1) is 0 Å². The Balaban J connectivity index is 1.46. The predicted molar refractivity (Wildman–Crippen MR) is 131 cm³/mol. The molecule has 2 aliphatic heterocycles. The summed E-state index contributed by atoms with van der Waals surface area (Å²) in [5.74, 6) is 0.638. The Hall–Kier alpha value is -2.58.